The smallest absolute Gasteiger partial charge is 0.322 e. The second kappa shape index (κ2) is 9.57. The molecule has 1 rings (SSSR count). The molecule has 140 valence electrons. The lowest BCUT2D eigenvalue weighted by Gasteiger charge is -2.25. The fraction of sp³-hybridized carbons (Fsp3) is 0.643. The SMILES string of the molecule is NCC(=O)N1CCC[C@H]1C(=O)N[C@@H](CCC(N)=O)C(=O)NCC(=O)O. The zero-order valence-electron chi connectivity index (χ0n) is 13.7. The predicted octanol–water partition coefficient (Wildman–Crippen LogP) is -3.11. The Hall–Kier alpha value is -2.69. The van der Waals surface area contributed by atoms with E-state index >= 15 is 0 Å². The Morgan fingerprint density at radius 1 is 1.24 bits per heavy atom. The highest BCUT2D eigenvalue weighted by Crippen LogP contribution is 2.17. The molecule has 11 nitrogen and oxygen atoms in total. The average Bonchev–Trinajstić information content (AvgIpc) is 3.04. The van der Waals surface area contributed by atoms with E-state index in [9.17, 15) is 24.0 Å². The maximum Gasteiger partial charge on any atom is 0.322 e. The molecule has 1 aliphatic heterocycles. The lowest BCUT2D eigenvalue weighted by Crippen LogP contribution is -2.54. The van der Waals surface area contributed by atoms with Crippen LogP contribution in [0, 0.1) is 0 Å². The monoisotopic (exact) mass is 357 g/mol. The second-order valence-corrected chi connectivity index (χ2v) is 5.63. The van der Waals surface area contributed by atoms with Gasteiger partial charge < -0.3 is 32.1 Å². The summed E-state index contributed by atoms with van der Waals surface area (Å²) in [5.41, 5.74) is 10.4. The Balaban J connectivity index is 2.75. The van der Waals surface area contributed by atoms with Crippen molar-refractivity contribution in [1.82, 2.24) is 15.5 Å². The molecule has 0 saturated carbocycles. The van der Waals surface area contributed by atoms with Gasteiger partial charge in [0, 0.05) is 13.0 Å². The van der Waals surface area contributed by atoms with Crippen molar-refractivity contribution in [1.29, 1.82) is 0 Å². The van der Waals surface area contributed by atoms with E-state index in [1.54, 1.807) is 0 Å². The van der Waals surface area contributed by atoms with E-state index in [2.05, 4.69) is 10.6 Å². The van der Waals surface area contributed by atoms with Crippen LogP contribution in [0.25, 0.3) is 0 Å². The van der Waals surface area contributed by atoms with E-state index in [0.29, 0.717) is 19.4 Å². The van der Waals surface area contributed by atoms with Gasteiger partial charge in [-0.15, -0.1) is 0 Å². The minimum atomic E-state index is -1.25. The van der Waals surface area contributed by atoms with Crippen molar-refractivity contribution in [2.24, 2.45) is 11.5 Å². The molecule has 11 heteroatoms. The van der Waals surface area contributed by atoms with E-state index in [-0.39, 0.29) is 25.3 Å². The minimum Gasteiger partial charge on any atom is -0.480 e. The Bertz CT molecular complexity index is 552. The second-order valence-electron chi connectivity index (χ2n) is 5.63. The first-order valence-electron chi connectivity index (χ1n) is 7.84. The summed E-state index contributed by atoms with van der Waals surface area (Å²) in [7, 11) is 0. The Labute approximate surface area is 144 Å². The topological polar surface area (TPSA) is 185 Å². The third kappa shape index (κ3) is 6.37. The van der Waals surface area contributed by atoms with Crippen molar-refractivity contribution < 1.29 is 29.1 Å². The van der Waals surface area contributed by atoms with E-state index in [1.807, 2.05) is 0 Å². The maximum atomic E-state index is 12.4. The Kier molecular flexibility index (Phi) is 7.79. The van der Waals surface area contributed by atoms with Crippen LogP contribution in [0.5, 0.6) is 0 Å². The number of primary amides is 1. The van der Waals surface area contributed by atoms with Crippen LogP contribution in [0.4, 0.5) is 0 Å². The van der Waals surface area contributed by atoms with Crippen molar-refractivity contribution in [3.63, 3.8) is 0 Å². The third-order valence-electron chi connectivity index (χ3n) is 3.78. The van der Waals surface area contributed by atoms with Gasteiger partial charge in [0.2, 0.25) is 23.6 Å². The summed E-state index contributed by atoms with van der Waals surface area (Å²) in [4.78, 5) is 59.0. The van der Waals surface area contributed by atoms with Gasteiger partial charge in [0.05, 0.1) is 6.54 Å². The molecule has 0 aromatic heterocycles. The van der Waals surface area contributed by atoms with Gasteiger partial charge >= 0.3 is 5.97 Å². The lowest BCUT2D eigenvalue weighted by molar-refractivity contribution is -0.140. The molecule has 25 heavy (non-hydrogen) atoms. The molecule has 0 radical (unpaired) electrons. The number of carbonyl (C=O) groups is 5. The first kappa shape index (κ1) is 20.4. The van der Waals surface area contributed by atoms with Gasteiger partial charge in [-0.2, -0.15) is 0 Å². The van der Waals surface area contributed by atoms with Crippen LogP contribution in [0.1, 0.15) is 25.7 Å². The Morgan fingerprint density at radius 3 is 2.48 bits per heavy atom. The standard InChI is InChI=1S/C14H23N5O6/c15-6-11(21)19-5-1-2-9(19)14(25)18-8(3-4-10(16)20)13(24)17-7-12(22)23/h8-9H,1-7,15H2,(H2,16,20)(H,17,24)(H,18,25)(H,22,23)/t8-,9-/m0/s1. The molecule has 2 atom stereocenters. The lowest BCUT2D eigenvalue weighted by atomic mass is 10.1. The van der Waals surface area contributed by atoms with E-state index in [1.165, 1.54) is 4.90 Å². The number of likely N-dealkylation sites (tertiary alicyclic amines) is 1. The molecule has 1 aliphatic rings. The summed E-state index contributed by atoms with van der Waals surface area (Å²) < 4.78 is 0. The summed E-state index contributed by atoms with van der Waals surface area (Å²) >= 11 is 0. The van der Waals surface area contributed by atoms with E-state index < -0.39 is 42.3 Å². The van der Waals surface area contributed by atoms with Gasteiger partial charge in [0.1, 0.15) is 18.6 Å². The van der Waals surface area contributed by atoms with Gasteiger partial charge in [-0.25, -0.2) is 0 Å². The molecular formula is C14H23N5O6. The fourth-order valence-corrected chi connectivity index (χ4v) is 2.56. The minimum absolute atomic E-state index is 0.0793. The summed E-state index contributed by atoms with van der Waals surface area (Å²) in [5.74, 6) is -3.58. The summed E-state index contributed by atoms with van der Waals surface area (Å²) in [5, 5.41) is 13.2. The highest BCUT2D eigenvalue weighted by molar-refractivity contribution is 5.93. The number of amides is 4. The quantitative estimate of drug-likeness (QED) is 0.289. The molecule has 0 aromatic rings. The number of nitrogens with zero attached hydrogens (tertiary/aromatic N) is 1. The molecular weight excluding hydrogens is 334 g/mol. The van der Waals surface area contributed by atoms with Crippen LogP contribution in [0.3, 0.4) is 0 Å². The van der Waals surface area contributed by atoms with E-state index in [0.717, 1.165) is 0 Å². The number of nitrogens with one attached hydrogen (secondary N) is 2. The van der Waals surface area contributed by atoms with Crippen LogP contribution >= 0.6 is 0 Å². The number of carbonyl (C=O) groups excluding carboxylic acids is 4. The highest BCUT2D eigenvalue weighted by Gasteiger charge is 2.35. The van der Waals surface area contributed by atoms with Crippen molar-refractivity contribution in [3.8, 4) is 0 Å². The summed E-state index contributed by atoms with van der Waals surface area (Å²) in [6, 6.07) is -1.88. The van der Waals surface area contributed by atoms with Crippen LogP contribution in [-0.2, 0) is 24.0 Å². The van der Waals surface area contributed by atoms with Gasteiger partial charge in [-0.05, 0) is 19.3 Å². The molecule has 0 spiro atoms. The van der Waals surface area contributed by atoms with E-state index in [4.69, 9.17) is 16.6 Å². The molecule has 1 saturated heterocycles. The largest absolute Gasteiger partial charge is 0.480 e. The molecule has 0 aromatic carbocycles. The van der Waals surface area contributed by atoms with Crippen LogP contribution in [-0.4, -0.2) is 71.3 Å². The normalized spacial score (nSPS) is 17.6. The third-order valence-corrected chi connectivity index (χ3v) is 3.78. The number of hydrogen-bond acceptors (Lipinski definition) is 6. The number of aliphatic carboxylic acids is 1. The summed E-state index contributed by atoms with van der Waals surface area (Å²) in [6.07, 6.45) is 0.809. The molecule has 4 amide bonds. The summed E-state index contributed by atoms with van der Waals surface area (Å²) in [6.45, 7) is -0.456. The Morgan fingerprint density at radius 2 is 1.92 bits per heavy atom. The van der Waals surface area contributed by atoms with Crippen LogP contribution < -0.4 is 22.1 Å². The van der Waals surface area contributed by atoms with Crippen molar-refractivity contribution in [2.45, 2.75) is 37.8 Å². The average molecular weight is 357 g/mol. The fourth-order valence-electron chi connectivity index (χ4n) is 2.56. The zero-order chi connectivity index (χ0) is 19.0. The molecule has 1 heterocycles. The van der Waals surface area contributed by atoms with Gasteiger partial charge in [-0.1, -0.05) is 0 Å². The zero-order valence-corrected chi connectivity index (χ0v) is 13.7. The van der Waals surface area contributed by atoms with Gasteiger partial charge in [-0.3, -0.25) is 24.0 Å². The molecule has 0 unspecified atom stereocenters. The molecule has 0 bridgehead atoms. The van der Waals surface area contributed by atoms with Crippen molar-refractivity contribution in [3.05, 3.63) is 0 Å². The van der Waals surface area contributed by atoms with Crippen LogP contribution in [0.2, 0.25) is 0 Å². The molecule has 0 aliphatic carbocycles. The number of nitrogens with two attached hydrogens (primary N) is 2. The highest BCUT2D eigenvalue weighted by atomic mass is 16.4. The number of rotatable bonds is 9. The van der Waals surface area contributed by atoms with Crippen molar-refractivity contribution >= 4 is 29.6 Å². The first-order chi connectivity index (χ1) is 11.8. The predicted molar refractivity (Wildman–Crippen MR) is 84.8 cm³/mol. The van der Waals surface area contributed by atoms with Gasteiger partial charge in [0.25, 0.3) is 0 Å². The number of carboxylic acid groups (broad SMARTS) is 1. The van der Waals surface area contributed by atoms with Gasteiger partial charge in [0.15, 0.2) is 0 Å². The molecule has 1 fully saturated rings. The van der Waals surface area contributed by atoms with Crippen molar-refractivity contribution in [2.75, 3.05) is 19.6 Å². The maximum absolute atomic E-state index is 12.4. The number of hydrogen-bond donors (Lipinski definition) is 5. The van der Waals surface area contributed by atoms with Crippen LogP contribution in [0.15, 0.2) is 0 Å². The number of carboxylic acids is 1. The molecule has 7 N–H and O–H groups in total. The first-order valence-corrected chi connectivity index (χ1v) is 7.84.